The number of aryl methyl sites for hydroxylation is 1. The van der Waals surface area contributed by atoms with Crippen molar-refractivity contribution in [2.75, 3.05) is 0 Å². The number of amides is 1. The van der Waals surface area contributed by atoms with E-state index < -0.39 is 0 Å². The molecule has 0 atom stereocenters. The number of nitrogens with zero attached hydrogens (tertiary/aromatic N) is 1. The van der Waals surface area contributed by atoms with E-state index in [0.29, 0.717) is 12.2 Å². The average Bonchev–Trinajstić information content (AvgIpc) is 2.89. The molecule has 0 spiro atoms. The van der Waals surface area contributed by atoms with E-state index in [0.717, 1.165) is 22.0 Å². The number of aromatic nitrogens is 2. The van der Waals surface area contributed by atoms with Crippen molar-refractivity contribution in [2.45, 2.75) is 13.5 Å². The van der Waals surface area contributed by atoms with Gasteiger partial charge in [-0.25, -0.2) is 0 Å². The van der Waals surface area contributed by atoms with Crippen LogP contribution in [0, 0.1) is 6.92 Å². The largest absolute Gasteiger partial charge is 0.508 e. The molecule has 106 valence electrons. The van der Waals surface area contributed by atoms with Gasteiger partial charge in [-0.2, -0.15) is 5.10 Å². The number of phenols is 1. The quantitative estimate of drug-likeness (QED) is 0.690. The van der Waals surface area contributed by atoms with Crippen LogP contribution in [0.25, 0.3) is 10.9 Å². The Labute approximate surface area is 121 Å². The number of nitrogens with one attached hydrogen (secondary N) is 2. The van der Waals surface area contributed by atoms with Gasteiger partial charge in [-0.05, 0) is 36.8 Å². The van der Waals surface area contributed by atoms with Crippen LogP contribution in [0.5, 0.6) is 5.75 Å². The van der Waals surface area contributed by atoms with Crippen LogP contribution in [0.4, 0.5) is 0 Å². The summed E-state index contributed by atoms with van der Waals surface area (Å²) in [6.07, 6.45) is 0. The lowest BCUT2D eigenvalue weighted by Gasteiger charge is -2.04. The molecule has 0 unspecified atom stereocenters. The molecule has 5 nitrogen and oxygen atoms in total. The predicted octanol–water partition coefficient (Wildman–Crippen LogP) is 2.51. The van der Waals surface area contributed by atoms with E-state index in [-0.39, 0.29) is 11.7 Å². The monoisotopic (exact) mass is 281 g/mol. The summed E-state index contributed by atoms with van der Waals surface area (Å²) in [4.78, 5) is 12.2. The number of carbonyl (C=O) groups is 1. The van der Waals surface area contributed by atoms with Gasteiger partial charge in [0.1, 0.15) is 5.75 Å². The number of benzene rings is 2. The second-order valence-corrected chi connectivity index (χ2v) is 4.97. The van der Waals surface area contributed by atoms with Gasteiger partial charge in [0.15, 0.2) is 5.69 Å². The van der Waals surface area contributed by atoms with Crippen molar-refractivity contribution in [2.24, 2.45) is 0 Å². The molecular formula is C16H15N3O2. The summed E-state index contributed by atoms with van der Waals surface area (Å²) in [5, 5.41) is 19.8. The lowest BCUT2D eigenvalue weighted by molar-refractivity contribution is 0.0947. The first-order valence-corrected chi connectivity index (χ1v) is 6.64. The maximum absolute atomic E-state index is 12.2. The van der Waals surface area contributed by atoms with Gasteiger partial charge in [0.05, 0.1) is 5.52 Å². The highest BCUT2D eigenvalue weighted by molar-refractivity contribution is 6.04. The van der Waals surface area contributed by atoms with Gasteiger partial charge in [0, 0.05) is 11.9 Å². The minimum Gasteiger partial charge on any atom is -0.508 e. The third kappa shape index (κ3) is 2.72. The molecule has 0 aliphatic heterocycles. The molecule has 0 saturated carbocycles. The number of aromatic hydroxyl groups is 1. The van der Waals surface area contributed by atoms with Crippen LogP contribution >= 0.6 is 0 Å². The molecule has 0 bridgehead atoms. The van der Waals surface area contributed by atoms with Crippen LogP contribution in [0.15, 0.2) is 42.5 Å². The summed E-state index contributed by atoms with van der Waals surface area (Å²) >= 11 is 0. The molecule has 5 heteroatoms. The predicted molar refractivity (Wildman–Crippen MR) is 80.1 cm³/mol. The zero-order chi connectivity index (χ0) is 14.8. The van der Waals surface area contributed by atoms with Crippen molar-refractivity contribution in [3.05, 3.63) is 59.3 Å². The molecule has 3 aromatic rings. The van der Waals surface area contributed by atoms with Crippen LogP contribution in [-0.4, -0.2) is 21.2 Å². The summed E-state index contributed by atoms with van der Waals surface area (Å²) in [7, 11) is 0. The zero-order valence-corrected chi connectivity index (χ0v) is 11.6. The first-order valence-electron chi connectivity index (χ1n) is 6.64. The lowest BCUT2D eigenvalue weighted by Crippen LogP contribution is -2.23. The molecule has 1 heterocycles. The molecule has 0 saturated heterocycles. The molecule has 0 aliphatic carbocycles. The molecular weight excluding hydrogens is 266 g/mol. The normalized spacial score (nSPS) is 10.7. The van der Waals surface area contributed by atoms with E-state index in [4.69, 9.17) is 0 Å². The second-order valence-electron chi connectivity index (χ2n) is 4.97. The van der Waals surface area contributed by atoms with Crippen LogP contribution in [-0.2, 0) is 6.54 Å². The van der Waals surface area contributed by atoms with Crippen molar-refractivity contribution in [3.63, 3.8) is 0 Å². The van der Waals surface area contributed by atoms with Gasteiger partial charge in [0.2, 0.25) is 0 Å². The number of hydrogen-bond acceptors (Lipinski definition) is 3. The Morgan fingerprint density at radius 2 is 2.00 bits per heavy atom. The number of hydrogen-bond donors (Lipinski definition) is 3. The smallest absolute Gasteiger partial charge is 0.272 e. The van der Waals surface area contributed by atoms with Gasteiger partial charge in [-0.1, -0.05) is 23.8 Å². The first-order chi connectivity index (χ1) is 10.1. The molecule has 3 N–H and O–H groups in total. The molecule has 0 radical (unpaired) electrons. The van der Waals surface area contributed by atoms with E-state index in [9.17, 15) is 9.90 Å². The summed E-state index contributed by atoms with van der Waals surface area (Å²) in [5.41, 5.74) is 3.23. The van der Waals surface area contributed by atoms with Crippen molar-refractivity contribution in [3.8, 4) is 5.75 Å². The fraction of sp³-hybridized carbons (Fsp3) is 0.125. The Morgan fingerprint density at radius 1 is 1.24 bits per heavy atom. The number of carbonyl (C=O) groups excluding carboxylic acids is 1. The highest BCUT2D eigenvalue weighted by atomic mass is 16.3. The van der Waals surface area contributed by atoms with Gasteiger partial charge in [0.25, 0.3) is 5.91 Å². The van der Waals surface area contributed by atoms with Crippen molar-refractivity contribution >= 4 is 16.8 Å². The van der Waals surface area contributed by atoms with Gasteiger partial charge in [-0.15, -0.1) is 0 Å². The summed E-state index contributed by atoms with van der Waals surface area (Å²) in [5.74, 6) is -0.0150. The highest BCUT2D eigenvalue weighted by Gasteiger charge is 2.13. The van der Waals surface area contributed by atoms with Crippen LogP contribution in [0.1, 0.15) is 21.6 Å². The molecule has 3 rings (SSSR count). The number of aromatic amines is 1. The lowest BCUT2D eigenvalue weighted by atomic mass is 10.1. The average molecular weight is 281 g/mol. The fourth-order valence-corrected chi connectivity index (χ4v) is 2.18. The first kappa shape index (κ1) is 13.2. The maximum Gasteiger partial charge on any atom is 0.272 e. The standard InChI is InChI=1S/C16H15N3O2/c1-10-2-7-14-13(8-10)15(19-18-14)16(21)17-9-11-3-5-12(20)6-4-11/h2-8,20H,9H2,1H3,(H,17,21)(H,18,19). The van der Waals surface area contributed by atoms with Crippen molar-refractivity contribution < 1.29 is 9.90 Å². The summed E-state index contributed by atoms with van der Waals surface area (Å²) < 4.78 is 0. The molecule has 1 aromatic heterocycles. The summed E-state index contributed by atoms with van der Waals surface area (Å²) in [6, 6.07) is 12.5. The Balaban J connectivity index is 1.78. The second kappa shape index (κ2) is 5.28. The van der Waals surface area contributed by atoms with E-state index in [2.05, 4.69) is 15.5 Å². The Kier molecular flexibility index (Phi) is 3.31. The molecule has 0 fully saturated rings. The number of rotatable bonds is 3. The molecule has 0 aliphatic rings. The SMILES string of the molecule is Cc1ccc2[nH]nc(C(=O)NCc3ccc(O)cc3)c2c1. The van der Waals surface area contributed by atoms with Crippen molar-refractivity contribution in [1.29, 1.82) is 0 Å². The molecule has 21 heavy (non-hydrogen) atoms. The minimum atomic E-state index is -0.222. The Bertz CT molecular complexity index is 791. The number of phenolic OH excluding ortho intramolecular Hbond substituents is 1. The fourth-order valence-electron chi connectivity index (χ4n) is 2.18. The van der Waals surface area contributed by atoms with Crippen LogP contribution in [0.3, 0.4) is 0 Å². The Morgan fingerprint density at radius 3 is 2.76 bits per heavy atom. The van der Waals surface area contributed by atoms with Crippen molar-refractivity contribution in [1.82, 2.24) is 15.5 Å². The number of H-pyrrole nitrogens is 1. The van der Waals surface area contributed by atoms with E-state index in [1.807, 2.05) is 25.1 Å². The van der Waals surface area contributed by atoms with E-state index in [1.54, 1.807) is 24.3 Å². The van der Waals surface area contributed by atoms with Crippen LogP contribution < -0.4 is 5.32 Å². The van der Waals surface area contributed by atoms with Crippen LogP contribution in [0.2, 0.25) is 0 Å². The van der Waals surface area contributed by atoms with E-state index >= 15 is 0 Å². The molecule has 1 amide bonds. The van der Waals surface area contributed by atoms with Gasteiger partial charge in [-0.3, -0.25) is 9.89 Å². The third-order valence-corrected chi connectivity index (χ3v) is 3.32. The third-order valence-electron chi connectivity index (χ3n) is 3.32. The minimum absolute atomic E-state index is 0.207. The Hall–Kier alpha value is -2.82. The van der Waals surface area contributed by atoms with Gasteiger partial charge < -0.3 is 10.4 Å². The van der Waals surface area contributed by atoms with Gasteiger partial charge >= 0.3 is 0 Å². The zero-order valence-electron chi connectivity index (χ0n) is 11.6. The van der Waals surface area contributed by atoms with E-state index in [1.165, 1.54) is 0 Å². The summed E-state index contributed by atoms with van der Waals surface area (Å²) in [6.45, 7) is 2.36. The number of fused-ring (bicyclic) bond motifs is 1. The topological polar surface area (TPSA) is 78.0 Å². The highest BCUT2D eigenvalue weighted by Crippen LogP contribution is 2.17. The molecule has 2 aromatic carbocycles. The maximum atomic E-state index is 12.2.